The molecule has 0 aliphatic rings. The van der Waals surface area contributed by atoms with E-state index in [9.17, 15) is 8.42 Å². The van der Waals surface area contributed by atoms with Gasteiger partial charge in [0, 0.05) is 0 Å². The Morgan fingerprint density at radius 2 is 1.77 bits per heavy atom. The van der Waals surface area contributed by atoms with Gasteiger partial charge >= 0.3 is 0 Å². The van der Waals surface area contributed by atoms with Gasteiger partial charge in [0.05, 0.1) is 4.90 Å². The Morgan fingerprint density at radius 1 is 1.23 bits per heavy atom. The van der Waals surface area contributed by atoms with E-state index < -0.39 is 15.8 Å². The molecule has 0 saturated heterocycles. The lowest BCUT2D eigenvalue weighted by Crippen LogP contribution is -2.05. The van der Waals surface area contributed by atoms with E-state index in [2.05, 4.69) is 0 Å². The van der Waals surface area contributed by atoms with Crippen molar-refractivity contribution in [3.05, 3.63) is 29.8 Å². The Bertz CT molecular complexity index is 364. The van der Waals surface area contributed by atoms with Crippen LogP contribution in [-0.4, -0.2) is 19.5 Å². The highest BCUT2D eigenvalue weighted by Gasteiger charge is 2.11. The van der Waals surface area contributed by atoms with Gasteiger partial charge in [0.15, 0.2) is 0 Å². The standard InChI is InChI=1S/C9H12O3S/c1-2-8-3-5-9(6-4-8)13(11,12)7-10/h3-6,10H,2,7H2,1H3. The average molecular weight is 200 g/mol. The van der Waals surface area contributed by atoms with Crippen LogP contribution in [0.2, 0.25) is 0 Å². The van der Waals surface area contributed by atoms with Crippen molar-refractivity contribution in [3.8, 4) is 0 Å². The molecule has 1 aromatic rings. The van der Waals surface area contributed by atoms with E-state index in [1.165, 1.54) is 12.1 Å². The third kappa shape index (κ3) is 2.29. The van der Waals surface area contributed by atoms with Gasteiger partial charge in [-0.15, -0.1) is 0 Å². The molecule has 0 spiro atoms. The van der Waals surface area contributed by atoms with Crippen LogP contribution < -0.4 is 0 Å². The topological polar surface area (TPSA) is 54.4 Å². The zero-order valence-corrected chi connectivity index (χ0v) is 8.21. The predicted octanol–water partition coefficient (Wildman–Crippen LogP) is 0.973. The summed E-state index contributed by atoms with van der Waals surface area (Å²) in [6.45, 7) is 2.00. The summed E-state index contributed by atoms with van der Waals surface area (Å²) in [4.78, 5) is 0.173. The monoisotopic (exact) mass is 200 g/mol. The maximum Gasteiger partial charge on any atom is 0.202 e. The second kappa shape index (κ2) is 3.89. The number of aryl methyl sites for hydroxylation is 1. The average Bonchev–Trinajstić information content (AvgIpc) is 2.18. The molecule has 0 amide bonds. The summed E-state index contributed by atoms with van der Waals surface area (Å²) in [6.07, 6.45) is 0.874. The molecule has 0 aliphatic heterocycles. The molecule has 13 heavy (non-hydrogen) atoms. The zero-order valence-electron chi connectivity index (χ0n) is 7.40. The third-order valence-electron chi connectivity index (χ3n) is 1.86. The van der Waals surface area contributed by atoms with Crippen molar-refractivity contribution >= 4 is 9.84 Å². The van der Waals surface area contributed by atoms with Gasteiger partial charge in [-0.1, -0.05) is 19.1 Å². The minimum absolute atomic E-state index is 0.173. The molecule has 0 atom stereocenters. The zero-order chi connectivity index (χ0) is 9.90. The number of hydrogen-bond donors (Lipinski definition) is 1. The smallest absolute Gasteiger partial charge is 0.202 e. The molecule has 1 N–H and O–H groups in total. The molecule has 0 bridgehead atoms. The molecule has 0 heterocycles. The Labute approximate surface area is 77.9 Å². The van der Waals surface area contributed by atoms with Crippen LogP contribution in [0.3, 0.4) is 0 Å². The molecular formula is C9H12O3S. The summed E-state index contributed by atoms with van der Waals surface area (Å²) >= 11 is 0. The fourth-order valence-corrected chi connectivity index (χ4v) is 1.71. The Kier molecular flexibility index (Phi) is 3.06. The first-order valence-electron chi connectivity index (χ1n) is 4.02. The van der Waals surface area contributed by atoms with Crippen molar-refractivity contribution in [3.63, 3.8) is 0 Å². The molecule has 72 valence electrons. The molecule has 0 aliphatic carbocycles. The van der Waals surface area contributed by atoms with Gasteiger partial charge in [-0.25, -0.2) is 8.42 Å². The van der Waals surface area contributed by atoms with E-state index >= 15 is 0 Å². The van der Waals surface area contributed by atoms with Gasteiger partial charge in [0.2, 0.25) is 9.84 Å². The Morgan fingerprint density at radius 3 is 2.15 bits per heavy atom. The van der Waals surface area contributed by atoms with Crippen molar-refractivity contribution < 1.29 is 13.5 Å². The van der Waals surface area contributed by atoms with Crippen molar-refractivity contribution in [1.82, 2.24) is 0 Å². The quantitative estimate of drug-likeness (QED) is 0.791. The largest absolute Gasteiger partial charge is 0.380 e. The molecule has 3 nitrogen and oxygen atoms in total. The molecule has 1 rings (SSSR count). The number of benzene rings is 1. The first-order chi connectivity index (χ1) is 6.10. The summed E-state index contributed by atoms with van der Waals surface area (Å²) in [5.74, 6) is -0.835. The van der Waals surface area contributed by atoms with Gasteiger partial charge in [-0.05, 0) is 24.1 Å². The van der Waals surface area contributed by atoms with Crippen LogP contribution in [0.25, 0.3) is 0 Å². The minimum atomic E-state index is -3.47. The van der Waals surface area contributed by atoms with E-state index in [1.807, 2.05) is 6.92 Å². The summed E-state index contributed by atoms with van der Waals surface area (Å²) in [5, 5.41) is 8.59. The number of rotatable bonds is 3. The summed E-state index contributed by atoms with van der Waals surface area (Å²) in [6, 6.07) is 6.54. The lowest BCUT2D eigenvalue weighted by atomic mass is 10.2. The van der Waals surface area contributed by atoms with Crippen LogP contribution >= 0.6 is 0 Å². The second-order valence-corrected chi connectivity index (χ2v) is 4.70. The van der Waals surface area contributed by atoms with Crippen molar-refractivity contribution in [2.75, 3.05) is 5.94 Å². The van der Waals surface area contributed by atoms with E-state index in [0.717, 1.165) is 12.0 Å². The molecule has 0 fully saturated rings. The van der Waals surface area contributed by atoms with Crippen LogP contribution in [0.1, 0.15) is 12.5 Å². The second-order valence-electron chi connectivity index (χ2n) is 2.74. The molecule has 4 heteroatoms. The SMILES string of the molecule is CCc1ccc(S(=O)(=O)CO)cc1. The molecule has 1 aromatic carbocycles. The van der Waals surface area contributed by atoms with Crippen LogP contribution in [-0.2, 0) is 16.3 Å². The lowest BCUT2D eigenvalue weighted by Gasteiger charge is -2.01. The molecular weight excluding hydrogens is 188 g/mol. The van der Waals surface area contributed by atoms with Crippen LogP contribution in [0.5, 0.6) is 0 Å². The minimum Gasteiger partial charge on any atom is -0.380 e. The van der Waals surface area contributed by atoms with Crippen molar-refractivity contribution in [1.29, 1.82) is 0 Å². The third-order valence-corrected chi connectivity index (χ3v) is 3.19. The van der Waals surface area contributed by atoms with Gasteiger partial charge in [0.1, 0.15) is 5.94 Å². The maximum atomic E-state index is 11.2. The molecule has 0 unspecified atom stereocenters. The molecule has 0 saturated carbocycles. The summed E-state index contributed by atoms with van der Waals surface area (Å²) in [7, 11) is -3.47. The van der Waals surface area contributed by atoms with E-state index in [-0.39, 0.29) is 4.90 Å². The van der Waals surface area contributed by atoms with Crippen LogP contribution in [0, 0.1) is 0 Å². The highest BCUT2D eigenvalue weighted by atomic mass is 32.2. The van der Waals surface area contributed by atoms with Gasteiger partial charge in [-0.3, -0.25) is 0 Å². The number of aliphatic hydroxyl groups is 1. The van der Waals surface area contributed by atoms with E-state index in [4.69, 9.17) is 5.11 Å². The summed E-state index contributed by atoms with van der Waals surface area (Å²) in [5.41, 5.74) is 1.08. The van der Waals surface area contributed by atoms with Gasteiger partial charge in [-0.2, -0.15) is 0 Å². The highest BCUT2D eigenvalue weighted by molar-refractivity contribution is 7.91. The number of hydrogen-bond acceptors (Lipinski definition) is 3. The highest BCUT2D eigenvalue weighted by Crippen LogP contribution is 2.11. The molecule has 0 radical (unpaired) electrons. The fraction of sp³-hybridized carbons (Fsp3) is 0.333. The predicted molar refractivity (Wildman–Crippen MR) is 50.1 cm³/mol. The van der Waals surface area contributed by atoms with Crippen LogP contribution in [0.4, 0.5) is 0 Å². The van der Waals surface area contributed by atoms with Crippen molar-refractivity contribution in [2.24, 2.45) is 0 Å². The van der Waals surface area contributed by atoms with Gasteiger partial charge in [0.25, 0.3) is 0 Å². The normalized spacial score (nSPS) is 11.5. The first-order valence-corrected chi connectivity index (χ1v) is 5.68. The van der Waals surface area contributed by atoms with Gasteiger partial charge < -0.3 is 5.11 Å². The number of sulfone groups is 1. The number of aliphatic hydroxyl groups excluding tert-OH is 1. The van der Waals surface area contributed by atoms with E-state index in [1.54, 1.807) is 12.1 Å². The van der Waals surface area contributed by atoms with E-state index in [0.29, 0.717) is 0 Å². The fourth-order valence-electron chi connectivity index (χ4n) is 1.01. The summed E-state index contributed by atoms with van der Waals surface area (Å²) < 4.78 is 22.3. The Balaban J connectivity index is 3.06. The maximum absolute atomic E-state index is 11.2. The first kappa shape index (κ1) is 10.2. The lowest BCUT2D eigenvalue weighted by molar-refractivity contribution is 0.358. The molecule has 0 aromatic heterocycles. The van der Waals surface area contributed by atoms with Crippen LogP contribution in [0.15, 0.2) is 29.2 Å². The van der Waals surface area contributed by atoms with Crippen molar-refractivity contribution in [2.45, 2.75) is 18.2 Å². The Hall–Kier alpha value is -0.870.